The molecule has 8 heteroatoms. The second kappa shape index (κ2) is 9.86. The molecule has 1 fully saturated rings. The van der Waals surface area contributed by atoms with Gasteiger partial charge in [-0.15, -0.1) is 0 Å². The van der Waals surface area contributed by atoms with E-state index in [0.717, 1.165) is 11.3 Å². The Kier molecular flexibility index (Phi) is 6.63. The highest BCUT2D eigenvalue weighted by molar-refractivity contribution is 7.65. The van der Waals surface area contributed by atoms with Gasteiger partial charge in [0.1, 0.15) is 22.6 Å². The lowest BCUT2D eigenvalue weighted by atomic mass is 9.97. The topological polar surface area (TPSA) is 78.7 Å². The molecule has 3 aromatic rings. The summed E-state index contributed by atoms with van der Waals surface area (Å²) >= 11 is 0. The second-order valence-corrected chi connectivity index (χ2v) is 11.3. The number of ether oxygens (including phenoxy) is 2. The summed E-state index contributed by atoms with van der Waals surface area (Å²) in [5, 5.41) is 8.99. The summed E-state index contributed by atoms with van der Waals surface area (Å²) < 4.78 is 37.3. The number of methoxy groups -OCH3 is 1. The lowest BCUT2D eigenvalue weighted by Crippen LogP contribution is -2.29. The average molecular weight is 503 g/mol. The monoisotopic (exact) mass is 502 g/mol. The summed E-state index contributed by atoms with van der Waals surface area (Å²) in [6.45, 7) is 4.65. The summed E-state index contributed by atoms with van der Waals surface area (Å²) in [5.74, 6) is 1.71. The van der Waals surface area contributed by atoms with Crippen molar-refractivity contribution >= 4 is 30.4 Å². The predicted molar refractivity (Wildman–Crippen MR) is 140 cm³/mol. The zero-order chi connectivity index (χ0) is 25.2. The van der Waals surface area contributed by atoms with Crippen LogP contribution in [0.4, 0.5) is 11.4 Å². The van der Waals surface area contributed by atoms with Gasteiger partial charge >= 0.3 is 7.60 Å². The Bertz CT molecular complexity index is 1380. The first-order valence-corrected chi connectivity index (χ1v) is 13.1. The SMILES string of the molecule is COc1ccc(/C(=C2/C=Cc3cc(N=Nc4ccccc4)ccc3O2)P2(=O)OCC(C)(C)CO2)cc1. The Morgan fingerprint density at radius 2 is 1.58 bits per heavy atom. The molecule has 3 aromatic carbocycles. The Hall–Kier alpha value is -3.51. The predicted octanol–water partition coefficient (Wildman–Crippen LogP) is 8.15. The highest BCUT2D eigenvalue weighted by Gasteiger charge is 2.42. The van der Waals surface area contributed by atoms with Crippen LogP contribution in [0.5, 0.6) is 11.5 Å². The van der Waals surface area contributed by atoms with Crippen LogP contribution in [-0.4, -0.2) is 20.3 Å². The van der Waals surface area contributed by atoms with Gasteiger partial charge in [-0.25, -0.2) is 0 Å². The molecule has 2 heterocycles. The Labute approximate surface area is 210 Å². The molecule has 0 aromatic heterocycles. The van der Waals surface area contributed by atoms with E-state index in [1.807, 2.05) is 80.6 Å². The molecule has 0 atom stereocenters. The molecule has 0 unspecified atom stereocenters. The van der Waals surface area contributed by atoms with Crippen LogP contribution in [0.25, 0.3) is 11.4 Å². The van der Waals surface area contributed by atoms with Crippen molar-refractivity contribution in [2.45, 2.75) is 13.8 Å². The average Bonchev–Trinajstić information content (AvgIpc) is 2.90. The molecule has 0 saturated carbocycles. The molecule has 5 rings (SSSR count). The van der Waals surface area contributed by atoms with Gasteiger partial charge in [0.2, 0.25) is 0 Å². The molecular weight excluding hydrogens is 475 g/mol. The Balaban J connectivity index is 1.50. The van der Waals surface area contributed by atoms with Gasteiger partial charge in [-0.1, -0.05) is 44.2 Å². The van der Waals surface area contributed by atoms with Crippen molar-refractivity contribution in [3.8, 4) is 11.5 Å². The summed E-state index contributed by atoms with van der Waals surface area (Å²) in [7, 11) is -2.05. The fourth-order valence-corrected chi connectivity index (χ4v) is 6.02. The number of hydrogen-bond acceptors (Lipinski definition) is 7. The Morgan fingerprint density at radius 3 is 2.28 bits per heavy atom. The molecule has 0 bridgehead atoms. The van der Waals surface area contributed by atoms with Crippen LogP contribution >= 0.6 is 7.60 Å². The van der Waals surface area contributed by atoms with Gasteiger partial charge < -0.3 is 18.5 Å². The second-order valence-electron chi connectivity index (χ2n) is 9.34. The van der Waals surface area contributed by atoms with Gasteiger partial charge in [-0.05, 0) is 60.2 Å². The first-order valence-electron chi connectivity index (χ1n) is 11.6. The number of nitrogens with zero attached hydrogens (tertiary/aromatic N) is 2. The molecule has 0 aliphatic carbocycles. The Morgan fingerprint density at radius 1 is 0.889 bits per heavy atom. The van der Waals surface area contributed by atoms with Gasteiger partial charge in [0.15, 0.2) is 0 Å². The third-order valence-electron chi connectivity index (χ3n) is 5.79. The third kappa shape index (κ3) is 5.19. The van der Waals surface area contributed by atoms with Crippen molar-refractivity contribution in [2.24, 2.45) is 15.6 Å². The van der Waals surface area contributed by atoms with Crippen molar-refractivity contribution in [3.05, 3.63) is 95.8 Å². The molecule has 1 saturated heterocycles. The van der Waals surface area contributed by atoms with Gasteiger partial charge in [0.25, 0.3) is 0 Å². The number of hydrogen-bond donors (Lipinski definition) is 0. The van der Waals surface area contributed by atoms with Crippen LogP contribution in [0.15, 0.2) is 94.9 Å². The van der Waals surface area contributed by atoms with Crippen LogP contribution in [0.3, 0.4) is 0 Å². The lowest BCUT2D eigenvalue weighted by Gasteiger charge is -2.35. The van der Waals surface area contributed by atoms with Crippen molar-refractivity contribution < 1.29 is 23.1 Å². The van der Waals surface area contributed by atoms with Crippen molar-refractivity contribution in [1.82, 2.24) is 0 Å². The summed E-state index contributed by atoms with van der Waals surface area (Å²) in [5.41, 5.74) is 2.75. The van der Waals surface area contributed by atoms with Crippen LogP contribution < -0.4 is 9.47 Å². The quantitative estimate of drug-likeness (QED) is 0.260. The molecule has 0 radical (unpaired) electrons. The highest BCUT2D eigenvalue weighted by Crippen LogP contribution is 2.65. The fraction of sp³-hybridized carbons (Fsp3) is 0.214. The number of azo groups is 1. The standard InChI is InChI=1S/C28H27N2O5P/c1-28(2)18-33-36(31,34-19-28)27(20-9-13-24(32-3)14-10-20)26-15-11-21-17-23(12-16-25(21)35-26)30-29-22-7-5-4-6-8-22/h4-17H,18-19H2,1-3H3/b27-26+,30-29?. The van der Waals surface area contributed by atoms with Crippen LogP contribution in [0.2, 0.25) is 0 Å². The molecule has 2 aliphatic heterocycles. The molecule has 184 valence electrons. The van der Waals surface area contributed by atoms with Crippen molar-refractivity contribution in [3.63, 3.8) is 0 Å². The number of rotatable bonds is 5. The maximum atomic E-state index is 14.0. The van der Waals surface area contributed by atoms with E-state index in [2.05, 4.69) is 10.2 Å². The lowest BCUT2D eigenvalue weighted by molar-refractivity contribution is 0.0466. The minimum absolute atomic E-state index is 0.232. The normalized spacial score (nSPS) is 19.4. The minimum atomic E-state index is -3.65. The van der Waals surface area contributed by atoms with E-state index in [9.17, 15) is 4.57 Å². The van der Waals surface area contributed by atoms with Crippen LogP contribution in [0, 0.1) is 5.41 Å². The van der Waals surface area contributed by atoms with E-state index in [4.69, 9.17) is 18.5 Å². The largest absolute Gasteiger partial charge is 0.497 e. The minimum Gasteiger partial charge on any atom is -0.497 e. The fourth-order valence-electron chi connectivity index (χ4n) is 3.79. The van der Waals surface area contributed by atoms with E-state index < -0.39 is 7.60 Å². The van der Waals surface area contributed by atoms with Gasteiger partial charge in [0, 0.05) is 11.0 Å². The third-order valence-corrected chi connectivity index (χ3v) is 7.75. The van der Waals surface area contributed by atoms with Gasteiger partial charge in [-0.3, -0.25) is 4.57 Å². The summed E-state index contributed by atoms with van der Waals surface area (Å²) in [6.07, 6.45) is 3.69. The van der Waals surface area contributed by atoms with E-state index in [1.165, 1.54) is 0 Å². The van der Waals surface area contributed by atoms with E-state index in [0.29, 0.717) is 47.0 Å². The summed E-state index contributed by atoms with van der Waals surface area (Å²) in [4.78, 5) is 0. The summed E-state index contributed by atoms with van der Waals surface area (Å²) in [6, 6.07) is 22.3. The van der Waals surface area contributed by atoms with Crippen molar-refractivity contribution in [1.29, 1.82) is 0 Å². The number of fused-ring (bicyclic) bond motifs is 1. The maximum absolute atomic E-state index is 14.0. The van der Waals surface area contributed by atoms with Crippen molar-refractivity contribution in [2.75, 3.05) is 20.3 Å². The molecule has 0 spiro atoms. The van der Waals surface area contributed by atoms with Crippen LogP contribution in [-0.2, 0) is 13.6 Å². The van der Waals surface area contributed by atoms with Crippen LogP contribution in [0.1, 0.15) is 25.0 Å². The highest BCUT2D eigenvalue weighted by atomic mass is 31.2. The van der Waals surface area contributed by atoms with E-state index in [1.54, 1.807) is 25.3 Å². The molecule has 0 N–H and O–H groups in total. The first-order chi connectivity index (χ1) is 17.4. The molecule has 0 amide bonds. The van der Waals surface area contributed by atoms with E-state index in [-0.39, 0.29) is 5.41 Å². The molecule has 36 heavy (non-hydrogen) atoms. The number of allylic oxidation sites excluding steroid dienone is 1. The zero-order valence-corrected chi connectivity index (χ0v) is 21.3. The number of benzene rings is 3. The van der Waals surface area contributed by atoms with Gasteiger partial charge in [-0.2, -0.15) is 10.2 Å². The smallest absolute Gasteiger partial charge is 0.365 e. The van der Waals surface area contributed by atoms with Gasteiger partial charge in [0.05, 0.1) is 31.7 Å². The molecule has 2 aliphatic rings. The first kappa shape index (κ1) is 24.2. The maximum Gasteiger partial charge on any atom is 0.365 e. The zero-order valence-electron chi connectivity index (χ0n) is 20.4. The van der Waals surface area contributed by atoms with E-state index >= 15 is 0 Å². The molecular formula is C28H27N2O5P. The molecule has 7 nitrogen and oxygen atoms in total.